The Bertz CT molecular complexity index is 419. The number of rotatable bonds is 2. The van der Waals surface area contributed by atoms with Gasteiger partial charge in [-0.25, -0.2) is 0 Å². The van der Waals surface area contributed by atoms with Gasteiger partial charge in [0, 0.05) is 22.5 Å². The van der Waals surface area contributed by atoms with E-state index in [1.165, 1.54) is 5.75 Å². The first-order chi connectivity index (χ1) is 8.16. The van der Waals surface area contributed by atoms with Crippen molar-refractivity contribution in [2.24, 2.45) is 0 Å². The summed E-state index contributed by atoms with van der Waals surface area (Å²) in [6.45, 7) is 0. The van der Waals surface area contributed by atoms with Gasteiger partial charge >= 0.3 is 0 Å². The van der Waals surface area contributed by atoms with Crippen LogP contribution in [0.2, 0.25) is 5.02 Å². The third-order valence-corrected chi connectivity index (χ3v) is 4.20. The van der Waals surface area contributed by atoms with Crippen LogP contribution in [0.4, 0.5) is 5.69 Å². The maximum absolute atomic E-state index is 12.0. The predicted molar refractivity (Wildman–Crippen MR) is 73.7 cm³/mol. The molecule has 0 radical (unpaired) electrons. The fourth-order valence-corrected chi connectivity index (χ4v) is 3.11. The highest BCUT2D eigenvalue weighted by Gasteiger charge is 2.18. The second kappa shape index (κ2) is 5.65. The van der Waals surface area contributed by atoms with Crippen LogP contribution in [0.25, 0.3) is 0 Å². The monoisotopic (exact) mass is 270 g/mol. The average Bonchev–Trinajstić information content (AvgIpc) is 2.30. The van der Waals surface area contributed by atoms with Crippen LogP contribution in [0.3, 0.4) is 0 Å². The van der Waals surface area contributed by atoms with Gasteiger partial charge < -0.3 is 11.1 Å². The minimum absolute atomic E-state index is 0.105. The number of benzene rings is 1. The minimum atomic E-state index is -0.105. The molecule has 17 heavy (non-hydrogen) atoms. The molecule has 1 aromatic carbocycles. The predicted octanol–water partition coefficient (Wildman–Crippen LogP) is 2.55. The third-order valence-electron chi connectivity index (χ3n) is 2.75. The van der Waals surface area contributed by atoms with Gasteiger partial charge in [0.2, 0.25) is 0 Å². The number of hydrogen-bond donors (Lipinski definition) is 2. The number of nitrogens with two attached hydrogens (primary N) is 1. The Hall–Kier alpha value is -0.870. The maximum atomic E-state index is 12.0. The van der Waals surface area contributed by atoms with E-state index in [9.17, 15) is 4.79 Å². The van der Waals surface area contributed by atoms with Crippen molar-refractivity contribution in [3.63, 3.8) is 0 Å². The quantitative estimate of drug-likeness (QED) is 0.812. The molecule has 1 heterocycles. The molecule has 1 atom stereocenters. The summed E-state index contributed by atoms with van der Waals surface area (Å²) in [5.74, 6) is 2.07. The molecule has 1 saturated heterocycles. The van der Waals surface area contributed by atoms with Gasteiger partial charge in [-0.3, -0.25) is 4.79 Å². The molecule has 1 aliphatic rings. The summed E-state index contributed by atoms with van der Waals surface area (Å²) in [6.07, 6.45) is 2.21. The largest absolute Gasteiger partial charge is 0.398 e. The van der Waals surface area contributed by atoms with E-state index in [4.69, 9.17) is 17.3 Å². The lowest BCUT2D eigenvalue weighted by atomic mass is 10.1. The lowest BCUT2D eigenvalue weighted by molar-refractivity contribution is 0.0939. The summed E-state index contributed by atoms with van der Waals surface area (Å²) < 4.78 is 0. The molecule has 0 saturated carbocycles. The van der Waals surface area contributed by atoms with E-state index in [-0.39, 0.29) is 11.9 Å². The molecular weight excluding hydrogens is 256 g/mol. The second-order valence-electron chi connectivity index (χ2n) is 4.12. The van der Waals surface area contributed by atoms with Crippen molar-refractivity contribution < 1.29 is 4.79 Å². The van der Waals surface area contributed by atoms with Crippen molar-refractivity contribution in [3.05, 3.63) is 28.8 Å². The SMILES string of the molecule is Nc1cc(Cl)ccc1C(=O)NC1CCCSC1. The number of nitrogens with one attached hydrogen (secondary N) is 1. The molecule has 0 aromatic heterocycles. The van der Waals surface area contributed by atoms with Crippen LogP contribution < -0.4 is 11.1 Å². The van der Waals surface area contributed by atoms with Crippen molar-refractivity contribution in [2.75, 3.05) is 17.2 Å². The van der Waals surface area contributed by atoms with Crippen LogP contribution in [-0.4, -0.2) is 23.5 Å². The molecule has 0 aliphatic carbocycles. The minimum Gasteiger partial charge on any atom is -0.398 e. The zero-order valence-corrected chi connectivity index (χ0v) is 11.0. The highest BCUT2D eigenvalue weighted by atomic mass is 35.5. The summed E-state index contributed by atoms with van der Waals surface area (Å²) in [5, 5.41) is 3.56. The topological polar surface area (TPSA) is 55.1 Å². The van der Waals surface area contributed by atoms with Gasteiger partial charge in [0.05, 0.1) is 5.56 Å². The van der Waals surface area contributed by atoms with E-state index in [0.717, 1.165) is 18.6 Å². The maximum Gasteiger partial charge on any atom is 0.253 e. The molecule has 1 aromatic rings. The highest BCUT2D eigenvalue weighted by molar-refractivity contribution is 7.99. The normalized spacial score (nSPS) is 19.9. The number of halogens is 1. The fraction of sp³-hybridized carbons (Fsp3) is 0.417. The van der Waals surface area contributed by atoms with Crippen LogP contribution in [0, 0.1) is 0 Å². The van der Waals surface area contributed by atoms with Gasteiger partial charge in [-0.2, -0.15) is 11.8 Å². The molecular formula is C12H15ClN2OS. The number of carbonyl (C=O) groups is 1. The number of amides is 1. The second-order valence-corrected chi connectivity index (χ2v) is 5.71. The summed E-state index contributed by atoms with van der Waals surface area (Å²) in [4.78, 5) is 12.0. The molecule has 0 bridgehead atoms. The van der Waals surface area contributed by atoms with E-state index < -0.39 is 0 Å². The van der Waals surface area contributed by atoms with Gasteiger partial charge in [-0.05, 0) is 36.8 Å². The van der Waals surface area contributed by atoms with E-state index in [1.807, 2.05) is 11.8 Å². The van der Waals surface area contributed by atoms with Gasteiger partial charge in [0.1, 0.15) is 0 Å². The van der Waals surface area contributed by atoms with Crippen LogP contribution in [0.5, 0.6) is 0 Å². The smallest absolute Gasteiger partial charge is 0.253 e. The Kier molecular flexibility index (Phi) is 4.18. The van der Waals surface area contributed by atoms with Gasteiger partial charge in [0.25, 0.3) is 5.91 Å². The molecule has 0 spiro atoms. The molecule has 1 amide bonds. The number of nitrogen functional groups attached to an aromatic ring is 1. The highest BCUT2D eigenvalue weighted by Crippen LogP contribution is 2.20. The first-order valence-corrected chi connectivity index (χ1v) is 7.14. The van der Waals surface area contributed by atoms with Gasteiger partial charge in [-0.15, -0.1) is 0 Å². The van der Waals surface area contributed by atoms with Crippen molar-refractivity contribution in [1.29, 1.82) is 0 Å². The van der Waals surface area contributed by atoms with Crippen LogP contribution >= 0.6 is 23.4 Å². The van der Waals surface area contributed by atoms with Crippen molar-refractivity contribution in [1.82, 2.24) is 5.32 Å². The average molecular weight is 271 g/mol. The van der Waals surface area contributed by atoms with Gasteiger partial charge in [-0.1, -0.05) is 11.6 Å². The summed E-state index contributed by atoms with van der Waals surface area (Å²) in [6, 6.07) is 5.22. The van der Waals surface area contributed by atoms with E-state index in [1.54, 1.807) is 18.2 Å². The van der Waals surface area contributed by atoms with Crippen molar-refractivity contribution in [2.45, 2.75) is 18.9 Å². The summed E-state index contributed by atoms with van der Waals surface area (Å²) in [7, 11) is 0. The zero-order chi connectivity index (χ0) is 12.3. The first kappa shape index (κ1) is 12.6. The number of carbonyl (C=O) groups excluding carboxylic acids is 1. The number of anilines is 1. The van der Waals surface area contributed by atoms with Crippen molar-refractivity contribution in [3.8, 4) is 0 Å². The third kappa shape index (κ3) is 3.30. The Balaban J connectivity index is 2.03. The summed E-state index contributed by atoms with van der Waals surface area (Å²) >= 11 is 7.68. The van der Waals surface area contributed by atoms with E-state index >= 15 is 0 Å². The van der Waals surface area contributed by atoms with Crippen LogP contribution in [0.1, 0.15) is 23.2 Å². The number of thioether (sulfide) groups is 1. The Labute approximate surface area is 110 Å². The molecule has 1 unspecified atom stereocenters. The molecule has 1 fully saturated rings. The molecule has 1 aliphatic heterocycles. The molecule has 3 nitrogen and oxygen atoms in total. The zero-order valence-electron chi connectivity index (χ0n) is 9.41. The van der Waals surface area contributed by atoms with E-state index in [0.29, 0.717) is 16.3 Å². The van der Waals surface area contributed by atoms with Crippen LogP contribution in [-0.2, 0) is 0 Å². The fourth-order valence-electron chi connectivity index (χ4n) is 1.86. The molecule has 92 valence electrons. The van der Waals surface area contributed by atoms with E-state index in [2.05, 4.69) is 5.32 Å². The molecule has 2 rings (SSSR count). The Morgan fingerprint density at radius 1 is 1.53 bits per heavy atom. The summed E-state index contributed by atoms with van der Waals surface area (Å²) in [5.41, 5.74) is 6.71. The first-order valence-electron chi connectivity index (χ1n) is 5.60. The van der Waals surface area contributed by atoms with Gasteiger partial charge in [0.15, 0.2) is 0 Å². The molecule has 3 N–H and O–H groups in total. The Morgan fingerprint density at radius 3 is 3.00 bits per heavy atom. The Morgan fingerprint density at radius 2 is 2.35 bits per heavy atom. The number of hydrogen-bond acceptors (Lipinski definition) is 3. The standard InChI is InChI=1S/C12H15ClN2OS/c13-8-3-4-10(11(14)6-8)12(16)15-9-2-1-5-17-7-9/h3-4,6,9H,1-2,5,7,14H2,(H,15,16). The molecule has 5 heteroatoms. The van der Waals surface area contributed by atoms with Crippen LogP contribution in [0.15, 0.2) is 18.2 Å². The van der Waals surface area contributed by atoms with Crippen molar-refractivity contribution >= 4 is 35.0 Å². The lowest BCUT2D eigenvalue weighted by Gasteiger charge is -2.22. The lowest BCUT2D eigenvalue weighted by Crippen LogP contribution is -2.38.